The van der Waals surface area contributed by atoms with Crippen LogP contribution >= 0.6 is 0 Å². The molecule has 1 aromatic carbocycles. The van der Waals surface area contributed by atoms with Gasteiger partial charge in [-0.05, 0) is 18.6 Å². The first-order chi connectivity index (χ1) is 10.2. The Labute approximate surface area is 121 Å². The van der Waals surface area contributed by atoms with E-state index in [9.17, 15) is 4.39 Å². The van der Waals surface area contributed by atoms with E-state index in [-0.39, 0.29) is 5.82 Å². The third-order valence-electron chi connectivity index (χ3n) is 3.28. The lowest BCUT2D eigenvalue weighted by Crippen LogP contribution is -2.10. The Morgan fingerprint density at radius 3 is 2.90 bits per heavy atom. The second kappa shape index (κ2) is 5.61. The van der Waals surface area contributed by atoms with Crippen molar-refractivity contribution >= 4 is 11.0 Å². The van der Waals surface area contributed by atoms with E-state index in [4.69, 9.17) is 5.73 Å². The highest BCUT2D eigenvalue weighted by Gasteiger charge is 2.15. The van der Waals surface area contributed by atoms with Crippen LogP contribution in [-0.4, -0.2) is 31.1 Å². The minimum Gasteiger partial charge on any atom is -0.329 e. The van der Waals surface area contributed by atoms with Crippen molar-refractivity contribution in [1.82, 2.24) is 24.5 Å². The number of aryl methyl sites for hydroxylation is 1. The van der Waals surface area contributed by atoms with Crippen molar-refractivity contribution in [1.29, 1.82) is 0 Å². The zero-order valence-corrected chi connectivity index (χ0v) is 11.8. The summed E-state index contributed by atoms with van der Waals surface area (Å²) >= 11 is 0. The largest absolute Gasteiger partial charge is 0.329 e. The topological polar surface area (TPSA) is 74.5 Å². The molecule has 6 nitrogen and oxygen atoms in total. The fourth-order valence-corrected chi connectivity index (χ4v) is 2.39. The van der Waals surface area contributed by atoms with E-state index in [0.29, 0.717) is 30.1 Å². The van der Waals surface area contributed by atoms with Crippen molar-refractivity contribution in [3.8, 4) is 11.5 Å². The molecule has 2 heterocycles. The van der Waals surface area contributed by atoms with Gasteiger partial charge in [-0.3, -0.25) is 4.68 Å². The minimum atomic E-state index is -0.290. The maximum atomic E-state index is 13.4. The molecule has 0 fully saturated rings. The van der Waals surface area contributed by atoms with Gasteiger partial charge in [0.25, 0.3) is 0 Å². The number of nitrogens with zero attached hydrogens (tertiary/aromatic N) is 5. The fraction of sp³-hybridized carbons (Fsp3) is 0.357. The average Bonchev–Trinajstić information content (AvgIpc) is 3.04. The first-order valence-corrected chi connectivity index (χ1v) is 6.99. The molecule has 0 aliphatic heterocycles. The number of rotatable bonds is 5. The first-order valence-electron chi connectivity index (χ1n) is 6.99. The number of hydrogen-bond acceptors (Lipinski definition) is 4. The van der Waals surface area contributed by atoms with Gasteiger partial charge in [0.05, 0.1) is 23.8 Å². The van der Waals surface area contributed by atoms with Crippen LogP contribution in [0.25, 0.3) is 22.6 Å². The number of aromatic nitrogens is 5. The number of nitrogens with two attached hydrogens (primary N) is 1. The smallest absolute Gasteiger partial charge is 0.163 e. The van der Waals surface area contributed by atoms with Crippen molar-refractivity contribution in [2.45, 2.75) is 26.4 Å². The Morgan fingerprint density at radius 2 is 2.14 bits per heavy atom. The molecule has 0 spiro atoms. The monoisotopic (exact) mass is 288 g/mol. The van der Waals surface area contributed by atoms with Crippen LogP contribution in [0.5, 0.6) is 0 Å². The Bertz CT molecular complexity index is 760. The molecule has 21 heavy (non-hydrogen) atoms. The SMILES string of the molecule is CCCn1c(-c2cn(CCN)nn2)nc2cc(F)ccc21. The highest BCUT2D eigenvalue weighted by atomic mass is 19.1. The van der Waals surface area contributed by atoms with Gasteiger partial charge in [-0.2, -0.15) is 0 Å². The van der Waals surface area contributed by atoms with E-state index in [0.717, 1.165) is 18.5 Å². The molecule has 0 saturated heterocycles. The summed E-state index contributed by atoms with van der Waals surface area (Å²) in [6.45, 7) is 3.99. The number of imidazole rings is 1. The molecule has 3 aromatic rings. The molecule has 0 amide bonds. The lowest BCUT2D eigenvalue weighted by atomic mass is 10.3. The quantitative estimate of drug-likeness (QED) is 0.777. The predicted octanol–water partition coefficient (Wildman–Crippen LogP) is 1.80. The molecular formula is C14H17FN6. The van der Waals surface area contributed by atoms with Gasteiger partial charge in [0.1, 0.15) is 11.5 Å². The normalized spacial score (nSPS) is 11.4. The molecule has 0 bridgehead atoms. The van der Waals surface area contributed by atoms with E-state index in [1.54, 1.807) is 10.7 Å². The average molecular weight is 288 g/mol. The van der Waals surface area contributed by atoms with Gasteiger partial charge in [-0.1, -0.05) is 12.1 Å². The molecule has 0 unspecified atom stereocenters. The molecule has 0 saturated carbocycles. The second-order valence-corrected chi connectivity index (χ2v) is 4.88. The maximum absolute atomic E-state index is 13.4. The van der Waals surface area contributed by atoms with Crippen molar-refractivity contribution in [3.05, 3.63) is 30.2 Å². The van der Waals surface area contributed by atoms with Crippen LogP contribution in [0.1, 0.15) is 13.3 Å². The Hall–Kier alpha value is -2.28. The van der Waals surface area contributed by atoms with Gasteiger partial charge >= 0.3 is 0 Å². The second-order valence-electron chi connectivity index (χ2n) is 4.88. The van der Waals surface area contributed by atoms with Gasteiger partial charge in [0.2, 0.25) is 0 Å². The zero-order valence-electron chi connectivity index (χ0n) is 11.8. The van der Waals surface area contributed by atoms with Crippen LogP contribution in [0.4, 0.5) is 4.39 Å². The molecule has 0 atom stereocenters. The van der Waals surface area contributed by atoms with Crippen LogP contribution in [0.3, 0.4) is 0 Å². The molecular weight excluding hydrogens is 271 g/mol. The molecule has 3 rings (SSSR count). The highest BCUT2D eigenvalue weighted by molar-refractivity contribution is 5.80. The molecule has 110 valence electrons. The maximum Gasteiger partial charge on any atom is 0.163 e. The van der Waals surface area contributed by atoms with Gasteiger partial charge in [0, 0.05) is 19.2 Å². The zero-order chi connectivity index (χ0) is 14.8. The minimum absolute atomic E-state index is 0.290. The van der Waals surface area contributed by atoms with E-state index < -0.39 is 0 Å². The van der Waals surface area contributed by atoms with Crippen molar-refractivity contribution in [3.63, 3.8) is 0 Å². The van der Waals surface area contributed by atoms with Crippen LogP contribution < -0.4 is 5.73 Å². The third kappa shape index (κ3) is 2.52. The highest BCUT2D eigenvalue weighted by Crippen LogP contribution is 2.24. The number of hydrogen-bond donors (Lipinski definition) is 1. The standard InChI is InChI=1S/C14H17FN6/c1-2-6-21-13-4-3-10(15)8-11(13)17-14(21)12-9-20(7-5-16)19-18-12/h3-4,8-9H,2,5-7,16H2,1H3. The number of benzene rings is 1. The Morgan fingerprint density at radius 1 is 1.29 bits per heavy atom. The van der Waals surface area contributed by atoms with Crippen LogP contribution in [-0.2, 0) is 13.1 Å². The summed E-state index contributed by atoms with van der Waals surface area (Å²) in [7, 11) is 0. The number of halogens is 1. The summed E-state index contributed by atoms with van der Waals surface area (Å²) in [6, 6.07) is 4.64. The Balaban J connectivity index is 2.12. The van der Waals surface area contributed by atoms with E-state index in [1.165, 1.54) is 12.1 Å². The molecule has 0 radical (unpaired) electrons. The third-order valence-corrected chi connectivity index (χ3v) is 3.28. The van der Waals surface area contributed by atoms with E-state index >= 15 is 0 Å². The summed E-state index contributed by atoms with van der Waals surface area (Å²) in [6.07, 6.45) is 2.77. The fourth-order valence-electron chi connectivity index (χ4n) is 2.39. The van der Waals surface area contributed by atoms with E-state index in [1.807, 2.05) is 10.8 Å². The molecule has 2 N–H and O–H groups in total. The lowest BCUT2D eigenvalue weighted by molar-refractivity contribution is 0.598. The summed E-state index contributed by atoms with van der Waals surface area (Å²) < 4.78 is 17.1. The van der Waals surface area contributed by atoms with Crippen molar-refractivity contribution < 1.29 is 4.39 Å². The van der Waals surface area contributed by atoms with Crippen LogP contribution in [0.2, 0.25) is 0 Å². The first kappa shape index (κ1) is 13.7. The predicted molar refractivity (Wildman–Crippen MR) is 78.1 cm³/mol. The van der Waals surface area contributed by atoms with Crippen molar-refractivity contribution in [2.75, 3.05) is 6.54 Å². The molecule has 0 aliphatic carbocycles. The Kier molecular flexibility index (Phi) is 3.66. The van der Waals surface area contributed by atoms with Gasteiger partial charge in [0.15, 0.2) is 5.82 Å². The van der Waals surface area contributed by atoms with Crippen LogP contribution in [0.15, 0.2) is 24.4 Å². The van der Waals surface area contributed by atoms with Gasteiger partial charge in [-0.25, -0.2) is 9.37 Å². The van der Waals surface area contributed by atoms with E-state index in [2.05, 4.69) is 22.2 Å². The van der Waals surface area contributed by atoms with Gasteiger partial charge in [-0.15, -0.1) is 5.10 Å². The summed E-state index contributed by atoms with van der Waals surface area (Å²) in [4.78, 5) is 4.51. The molecule has 0 aliphatic rings. The summed E-state index contributed by atoms with van der Waals surface area (Å²) in [5, 5.41) is 8.18. The van der Waals surface area contributed by atoms with Crippen LogP contribution in [0, 0.1) is 5.82 Å². The summed E-state index contributed by atoms with van der Waals surface area (Å²) in [5.41, 5.74) is 7.72. The van der Waals surface area contributed by atoms with Gasteiger partial charge < -0.3 is 10.3 Å². The molecule has 7 heteroatoms. The number of fused-ring (bicyclic) bond motifs is 1. The van der Waals surface area contributed by atoms with Crippen molar-refractivity contribution in [2.24, 2.45) is 5.73 Å². The molecule has 2 aromatic heterocycles. The lowest BCUT2D eigenvalue weighted by Gasteiger charge is -2.05. The summed E-state index contributed by atoms with van der Waals surface area (Å²) in [5.74, 6) is 0.419.